The molecule has 0 radical (unpaired) electrons. The molecular formula is C63H80ClN5O16. The van der Waals surface area contributed by atoms with E-state index < -0.39 is 65.7 Å². The van der Waals surface area contributed by atoms with Gasteiger partial charge in [0.1, 0.15) is 40.7 Å². The number of rotatable bonds is 24. The second-order valence-electron chi connectivity index (χ2n) is 21.7. The SMILES string of the molecule is COc1cc2cc(c1Cl)N(C)C(=O)CC(OC(=O)[C@H](C)N(C)C(=O)CCCOCCOCCOCCOCCNC(=O)CCC(=O)N1Cc3ccccc3C#Cc3ccccc31)[C@]1(C)O[C@H]1[C@H](C)[C@@H]1C[C@@](O)(NC(=O)O1)[C@H](OC)C=CC=C(C)C2. The molecule has 3 N–H and O–H groups in total. The molecule has 3 aromatic rings. The van der Waals surface area contributed by atoms with Gasteiger partial charge >= 0.3 is 12.1 Å². The van der Waals surface area contributed by atoms with Crippen LogP contribution >= 0.6 is 11.6 Å². The molecule has 0 aromatic heterocycles. The molecule has 85 heavy (non-hydrogen) atoms. The number of likely N-dealkylation sites (N-methyl/N-ethyl adjacent to an activating group) is 1. The fourth-order valence-electron chi connectivity index (χ4n) is 10.4. The first kappa shape index (κ1) is 65.7. The first-order valence-corrected chi connectivity index (χ1v) is 29.1. The molecule has 4 aliphatic rings. The number of alkyl carbamates (subject to hydrolysis) is 1. The van der Waals surface area contributed by atoms with Crippen LogP contribution in [0.4, 0.5) is 16.2 Å². The van der Waals surface area contributed by atoms with E-state index in [-0.39, 0.29) is 74.7 Å². The van der Waals surface area contributed by atoms with Crippen LogP contribution in [0.5, 0.6) is 5.75 Å². The van der Waals surface area contributed by atoms with E-state index in [2.05, 4.69) is 22.5 Å². The van der Waals surface area contributed by atoms with Crippen molar-refractivity contribution in [3.8, 4) is 17.6 Å². The molecule has 21 nitrogen and oxygen atoms in total. The molecule has 4 heterocycles. The predicted molar refractivity (Wildman–Crippen MR) is 316 cm³/mol. The maximum Gasteiger partial charge on any atom is 0.409 e. The molecule has 0 saturated carbocycles. The standard InChI is InChI=1S/C63H80ClN5O16/c1-41-15-13-20-52(78-8)63(76)39-51(83-61(75)66-63)42(2)59-62(4,85-59)53(38-57(73)68(6)49-36-44(35-41)37-50(77-7)58(49)64)84-60(74)43(3)67(5)55(71)21-14-27-79-29-31-81-33-34-82-32-30-80-28-26-65-54(70)24-25-56(72)69-40-47-18-10-9-16-45(47)22-23-46-17-11-12-19-48(46)69/h9-13,15-20,36-37,42-43,51-53,59,76H,14,21,24-35,38-40H2,1-8H3,(H,65,70)(H,66,75)/t42-,43+,51+,52-,53?,59+,62+,63+/m1/s1. The number of aliphatic hydroxyl groups is 1. The largest absolute Gasteiger partial charge is 0.495 e. The quantitative estimate of drug-likeness (QED) is 0.0391. The third kappa shape index (κ3) is 17.6. The molecular weight excluding hydrogens is 1120 g/mol. The van der Waals surface area contributed by atoms with Crippen LogP contribution in [0.2, 0.25) is 5.02 Å². The summed E-state index contributed by atoms with van der Waals surface area (Å²) in [4.78, 5) is 85.2. The molecule has 22 heteroatoms. The number of nitrogens with zero attached hydrogens (tertiary/aromatic N) is 3. The molecule has 2 fully saturated rings. The molecule has 4 aliphatic heterocycles. The van der Waals surface area contributed by atoms with E-state index in [0.717, 1.165) is 33.5 Å². The van der Waals surface area contributed by atoms with Crippen LogP contribution in [0.15, 0.2) is 84.5 Å². The lowest BCUT2D eigenvalue weighted by molar-refractivity contribution is -0.162. The maximum absolute atomic E-state index is 14.3. The summed E-state index contributed by atoms with van der Waals surface area (Å²) in [6, 6.07) is 17.8. The van der Waals surface area contributed by atoms with Gasteiger partial charge in [0, 0.05) is 77.1 Å². The van der Waals surface area contributed by atoms with E-state index in [9.17, 15) is 33.9 Å². The number of hydrogen-bond acceptors (Lipinski definition) is 16. The number of epoxide rings is 1. The number of carbonyl (C=O) groups is 6. The second kappa shape index (κ2) is 31.0. The van der Waals surface area contributed by atoms with Gasteiger partial charge in [-0.15, -0.1) is 0 Å². The van der Waals surface area contributed by atoms with Gasteiger partial charge in [0.25, 0.3) is 0 Å². The van der Waals surface area contributed by atoms with Crippen molar-refractivity contribution in [2.24, 2.45) is 5.92 Å². The Morgan fingerprint density at radius 3 is 2.27 bits per heavy atom. The summed E-state index contributed by atoms with van der Waals surface area (Å²) in [6.07, 6.45) is 1.13. The average Bonchev–Trinajstić information content (AvgIpc) is 2.64. The monoisotopic (exact) mass is 1200 g/mol. The van der Waals surface area contributed by atoms with Crippen LogP contribution in [0.1, 0.15) is 88.5 Å². The molecule has 5 amide bonds. The van der Waals surface area contributed by atoms with Crippen LogP contribution in [-0.4, -0.2) is 175 Å². The van der Waals surface area contributed by atoms with E-state index in [4.69, 9.17) is 54.2 Å². The lowest BCUT2D eigenvalue weighted by Gasteiger charge is -2.42. The summed E-state index contributed by atoms with van der Waals surface area (Å²) in [6.45, 7) is 10.0. The van der Waals surface area contributed by atoms with Crippen molar-refractivity contribution in [2.45, 2.75) is 121 Å². The molecule has 7 rings (SSSR count). The lowest BCUT2D eigenvalue weighted by Crippen LogP contribution is -2.63. The normalized spacial score (nSPS) is 23.2. The van der Waals surface area contributed by atoms with Gasteiger partial charge in [0.2, 0.25) is 23.6 Å². The van der Waals surface area contributed by atoms with Crippen molar-refractivity contribution in [3.63, 3.8) is 0 Å². The number of anilines is 2. The van der Waals surface area contributed by atoms with Crippen LogP contribution in [0.25, 0.3) is 0 Å². The summed E-state index contributed by atoms with van der Waals surface area (Å²) in [5.41, 5.74) is 2.21. The Labute approximate surface area is 502 Å². The highest BCUT2D eigenvalue weighted by Gasteiger charge is 2.64. The minimum Gasteiger partial charge on any atom is -0.495 e. The number of benzene rings is 3. The number of halogens is 1. The summed E-state index contributed by atoms with van der Waals surface area (Å²) in [5.74, 6) is 4.19. The Balaban J connectivity index is 0.793. The van der Waals surface area contributed by atoms with E-state index in [1.807, 2.05) is 61.5 Å². The van der Waals surface area contributed by atoms with Crippen LogP contribution in [-0.2, 0) is 74.8 Å². The number of esters is 1. The summed E-state index contributed by atoms with van der Waals surface area (Å²) >= 11 is 6.82. The third-order valence-corrected chi connectivity index (χ3v) is 16.0. The van der Waals surface area contributed by atoms with Crippen molar-refractivity contribution >= 4 is 58.7 Å². The molecule has 0 spiro atoms. The summed E-state index contributed by atoms with van der Waals surface area (Å²) in [7, 11) is 5.96. The fraction of sp³-hybridized carbons (Fsp3) is 0.524. The smallest absolute Gasteiger partial charge is 0.409 e. The second-order valence-corrected chi connectivity index (χ2v) is 22.1. The molecule has 1 unspecified atom stereocenters. The molecule has 2 saturated heterocycles. The van der Waals surface area contributed by atoms with Crippen LogP contribution < -0.4 is 25.2 Å². The minimum atomic E-state index is -1.86. The van der Waals surface area contributed by atoms with Gasteiger partial charge in [0.05, 0.1) is 83.8 Å². The van der Waals surface area contributed by atoms with Crippen molar-refractivity contribution in [1.29, 1.82) is 0 Å². The number of fused-ring (bicyclic) bond motifs is 7. The molecule has 460 valence electrons. The van der Waals surface area contributed by atoms with Gasteiger partial charge in [-0.05, 0) is 75.1 Å². The lowest BCUT2D eigenvalue weighted by atomic mass is 9.83. The van der Waals surface area contributed by atoms with E-state index in [1.54, 1.807) is 50.1 Å². The zero-order valence-corrected chi connectivity index (χ0v) is 50.5. The van der Waals surface area contributed by atoms with Gasteiger partial charge in [0.15, 0.2) is 5.72 Å². The average molecular weight is 1200 g/mol. The molecule has 0 aliphatic carbocycles. The number of hydrogen-bond donors (Lipinski definition) is 3. The third-order valence-electron chi connectivity index (χ3n) is 15.6. The number of carbonyl (C=O) groups excluding carboxylic acids is 6. The van der Waals surface area contributed by atoms with Crippen LogP contribution in [0, 0.1) is 17.8 Å². The van der Waals surface area contributed by atoms with Crippen molar-refractivity contribution in [3.05, 3.63) is 112 Å². The fourth-order valence-corrected chi connectivity index (χ4v) is 10.7. The van der Waals surface area contributed by atoms with E-state index in [1.165, 1.54) is 38.0 Å². The van der Waals surface area contributed by atoms with E-state index in [0.29, 0.717) is 70.4 Å². The number of amides is 5. The topological polar surface area (TPSA) is 243 Å². The van der Waals surface area contributed by atoms with Gasteiger partial charge in [-0.1, -0.05) is 84.5 Å². The van der Waals surface area contributed by atoms with Gasteiger partial charge in [-0.25, -0.2) is 9.59 Å². The Kier molecular flexibility index (Phi) is 23.9. The molecule has 4 bridgehead atoms. The van der Waals surface area contributed by atoms with E-state index >= 15 is 0 Å². The number of ether oxygens (including phenoxy) is 9. The van der Waals surface area contributed by atoms with Crippen molar-refractivity contribution < 1.29 is 76.5 Å². The number of methoxy groups -OCH3 is 2. The van der Waals surface area contributed by atoms with Gasteiger partial charge in [-0.2, -0.15) is 0 Å². The Hall–Kier alpha value is -6.87. The van der Waals surface area contributed by atoms with Crippen molar-refractivity contribution in [2.75, 3.05) is 97.5 Å². The predicted octanol–water partition coefficient (Wildman–Crippen LogP) is 6.20. The van der Waals surface area contributed by atoms with Crippen LogP contribution in [0.3, 0.4) is 0 Å². The number of nitrogens with one attached hydrogen (secondary N) is 2. The molecule has 8 atom stereocenters. The van der Waals surface area contributed by atoms with Crippen molar-refractivity contribution in [1.82, 2.24) is 15.5 Å². The number of para-hydroxylation sites is 1. The highest BCUT2D eigenvalue weighted by molar-refractivity contribution is 6.35. The molecule has 3 aromatic carbocycles. The Bertz CT molecular complexity index is 2980. The zero-order valence-electron chi connectivity index (χ0n) is 49.8. The highest BCUT2D eigenvalue weighted by Crippen LogP contribution is 2.49. The van der Waals surface area contributed by atoms with Gasteiger partial charge < -0.3 is 67.8 Å². The Morgan fingerprint density at radius 2 is 1.56 bits per heavy atom. The first-order chi connectivity index (χ1) is 40.8. The first-order valence-electron chi connectivity index (χ1n) is 28.7. The summed E-state index contributed by atoms with van der Waals surface area (Å²) in [5, 5.41) is 17.4. The highest BCUT2D eigenvalue weighted by atomic mass is 35.5. The maximum atomic E-state index is 14.3. The zero-order chi connectivity index (χ0) is 61.3. The van der Waals surface area contributed by atoms with Gasteiger partial charge in [-0.3, -0.25) is 24.5 Å². The minimum absolute atomic E-state index is 0.0409. The number of allylic oxidation sites excluding steroid dienone is 3. The Morgan fingerprint density at radius 1 is 0.906 bits per heavy atom. The summed E-state index contributed by atoms with van der Waals surface area (Å²) < 4.78 is 51.9.